The molecular formula is C13H22N2OS. The van der Waals surface area contributed by atoms with Crippen LogP contribution in [0.5, 0.6) is 0 Å². The van der Waals surface area contributed by atoms with Crippen LogP contribution in [0.2, 0.25) is 0 Å². The van der Waals surface area contributed by atoms with Gasteiger partial charge in [0.15, 0.2) is 0 Å². The van der Waals surface area contributed by atoms with Gasteiger partial charge in [-0.3, -0.25) is 4.79 Å². The van der Waals surface area contributed by atoms with E-state index in [0.29, 0.717) is 15.6 Å². The van der Waals surface area contributed by atoms with E-state index in [4.69, 9.17) is 12.2 Å². The van der Waals surface area contributed by atoms with Crippen LogP contribution in [0, 0.1) is 9.93 Å². The Kier molecular flexibility index (Phi) is 4.69. The summed E-state index contributed by atoms with van der Waals surface area (Å²) < 4.78 is 0.435. The van der Waals surface area contributed by atoms with Crippen molar-refractivity contribution in [2.45, 2.75) is 40.0 Å². The van der Waals surface area contributed by atoms with Crippen LogP contribution in [-0.4, -0.2) is 13.6 Å². The molecule has 0 aliphatic heterocycles. The van der Waals surface area contributed by atoms with Crippen LogP contribution in [0.1, 0.15) is 40.0 Å². The van der Waals surface area contributed by atoms with Crippen molar-refractivity contribution in [3.63, 3.8) is 0 Å². The number of hydrogen-bond donors (Lipinski definition) is 2. The Morgan fingerprint density at radius 2 is 1.82 bits per heavy atom. The number of hydrogen-bond acceptors (Lipinski definition) is 4. The summed E-state index contributed by atoms with van der Waals surface area (Å²) in [6.45, 7) is 7.63. The van der Waals surface area contributed by atoms with E-state index in [-0.39, 0.29) is 5.43 Å². The smallest absolute Gasteiger partial charge is 0.223 e. The molecule has 3 nitrogen and oxygen atoms in total. The van der Waals surface area contributed by atoms with Gasteiger partial charge in [0.2, 0.25) is 5.43 Å². The van der Waals surface area contributed by atoms with E-state index in [2.05, 4.69) is 31.4 Å². The van der Waals surface area contributed by atoms with Gasteiger partial charge in [-0.2, -0.15) is 0 Å². The third kappa shape index (κ3) is 3.80. The van der Waals surface area contributed by atoms with Crippen LogP contribution >= 0.6 is 12.2 Å². The number of unbranched alkanes of at least 4 members (excludes halogenated alkanes) is 1. The summed E-state index contributed by atoms with van der Waals surface area (Å²) in [7, 11) is 1.75. The first-order chi connectivity index (χ1) is 7.87. The minimum Gasteiger partial charge on any atom is -0.383 e. The van der Waals surface area contributed by atoms with Gasteiger partial charge in [-0.1, -0.05) is 39.4 Å². The third-order valence-electron chi connectivity index (χ3n) is 2.82. The Hall–Kier alpha value is -0.900. The minimum absolute atomic E-state index is 0.0420. The lowest BCUT2D eigenvalue weighted by molar-refractivity contribution is 0.362. The first-order valence-corrected chi connectivity index (χ1v) is 6.52. The predicted molar refractivity (Wildman–Crippen MR) is 77.3 cm³/mol. The van der Waals surface area contributed by atoms with Crippen LogP contribution in [0.4, 0.5) is 11.4 Å². The average molecular weight is 254 g/mol. The molecule has 0 amide bonds. The second kappa shape index (κ2) is 5.63. The van der Waals surface area contributed by atoms with E-state index in [1.54, 1.807) is 7.05 Å². The van der Waals surface area contributed by atoms with E-state index in [9.17, 15) is 4.79 Å². The molecule has 0 aromatic heterocycles. The molecule has 0 aliphatic carbocycles. The highest BCUT2D eigenvalue weighted by atomic mass is 32.1. The molecule has 0 saturated heterocycles. The fraction of sp³-hybridized carbons (Fsp3) is 0.692. The monoisotopic (exact) mass is 254 g/mol. The Balaban J connectivity index is 2.30. The summed E-state index contributed by atoms with van der Waals surface area (Å²) >= 11 is 5.00. The van der Waals surface area contributed by atoms with Crippen molar-refractivity contribution in [3.05, 3.63) is 14.7 Å². The Labute approximate surface area is 108 Å². The number of rotatable bonds is 6. The molecule has 1 aromatic rings. The third-order valence-corrected chi connectivity index (χ3v) is 3.21. The normalized spacial score (nSPS) is 11.8. The van der Waals surface area contributed by atoms with Gasteiger partial charge in [0.25, 0.3) is 0 Å². The van der Waals surface area contributed by atoms with Crippen LogP contribution in [0.25, 0.3) is 0 Å². The van der Waals surface area contributed by atoms with Gasteiger partial charge >= 0.3 is 0 Å². The van der Waals surface area contributed by atoms with E-state index in [0.717, 1.165) is 18.7 Å². The van der Waals surface area contributed by atoms with Gasteiger partial charge in [0.1, 0.15) is 10.2 Å². The lowest BCUT2D eigenvalue weighted by Crippen LogP contribution is -2.20. The van der Waals surface area contributed by atoms with Crippen molar-refractivity contribution >= 4 is 23.6 Å². The largest absolute Gasteiger partial charge is 0.383 e. The summed E-state index contributed by atoms with van der Waals surface area (Å²) in [6.07, 6.45) is 3.52. The molecule has 0 bridgehead atoms. The lowest BCUT2D eigenvalue weighted by atomic mass is 9.90. The van der Waals surface area contributed by atoms with Gasteiger partial charge in [-0.05, 0) is 18.3 Å². The summed E-state index contributed by atoms with van der Waals surface area (Å²) in [4.78, 5) is 11.3. The van der Waals surface area contributed by atoms with E-state index in [1.165, 1.54) is 12.8 Å². The van der Waals surface area contributed by atoms with Crippen molar-refractivity contribution < 1.29 is 0 Å². The quantitative estimate of drug-likeness (QED) is 0.603. The van der Waals surface area contributed by atoms with Gasteiger partial charge in [0, 0.05) is 13.6 Å². The Morgan fingerprint density at radius 3 is 2.35 bits per heavy atom. The molecule has 0 atom stereocenters. The zero-order chi connectivity index (χ0) is 13.1. The molecule has 0 saturated carbocycles. The summed E-state index contributed by atoms with van der Waals surface area (Å²) in [5, 5.41) is 6.12. The fourth-order valence-corrected chi connectivity index (χ4v) is 2.07. The van der Waals surface area contributed by atoms with E-state index >= 15 is 0 Å². The lowest BCUT2D eigenvalue weighted by Gasteiger charge is -2.18. The zero-order valence-corrected chi connectivity index (χ0v) is 12.0. The van der Waals surface area contributed by atoms with Crippen LogP contribution in [-0.2, 0) is 0 Å². The maximum absolute atomic E-state index is 11.3. The summed E-state index contributed by atoms with van der Waals surface area (Å²) in [5.74, 6) is 0. The van der Waals surface area contributed by atoms with Gasteiger partial charge in [0.05, 0.1) is 5.69 Å². The molecule has 0 heterocycles. The molecule has 0 spiro atoms. The second-order valence-corrected chi connectivity index (χ2v) is 6.01. The van der Waals surface area contributed by atoms with Crippen LogP contribution in [0.15, 0.2) is 4.79 Å². The Morgan fingerprint density at radius 1 is 1.18 bits per heavy atom. The molecule has 2 N–H and O–H groups in total. The molecule has 0 fully saturated rings. The number of nitrogens with one attached hydrogen (secondary N) is 2. The molecule has 0 radical (unpaired) electrons. The topological polar surface area (TPSA) is 41.1 Å². The van der Waals surface area contributed by atoms with Crippen LogP contribution < -0.4 is 16.1 Å². The van der Waals surface area contributed by atoms with Crippen molar-refractivity contribution in [1.82, 2.24) is 0 Å². The molecule has 0 unspecified atom stereocenters. The van der Waals surface area contributed by atoms with E-state index < -0.39 is 0 Å². The summed E-state index contributed by atoms with van der Waals surface area (Å²) in [6, 6.07) is 0. The van der Waals surface area contributed by atoms with Gasteiger partial charge in [-0.25, -0.2) is 0 Å². The first-order valence-electron chi connectivity index (χ1n) is 6.12. The van der Waals surface area contributed by atoms with Crippen molar-refractivity contribution in [2.75, 3.05) is 24.2 Å². The van der Waals surface area contributed by atoms with Crippen molar-refractivity contribution in [3.8, 4) is 0 Å². The predicted octanol–water partition coefficient (Wildman–Crippen LogP) is 3.32. The maximum atomic E-state index is 11.3. The minimum atomic E-state index is -0.0420. The van der Waals surface area contributed by atoms with Crippen LogP contribution in [0.3, 0.4) is 0 Å². The van der Waals surface area contributed by atoms with Crippen molar-refractivity contribution in [1.29, 1.82) is 0 Å². The molecule has 96 valence electrons. The zero-order valence-electron chi connectivity index (χ0n) is 11.1. The molecule has 4 heteroatoms. The highest BCUT2D eigenvalue weighted by molar-refractivity contribution is 7.71. The molecule has 17 heavy (non-hydrogen) atoms. The maximum Gasteiger partial charge on any atom is 0.223 e. The Bertz CT molecular complexity index is 439. The SMILES string of the molecule is CNc1c(NCCCCC(C)(C)C)c(=S)c1=O. The number of anilines is 2. The van der Waals surface area contributed by atoms with Crippen molar-refractivity contribution in [2.24, 2.45) is 5.41 Å². The van der Waals surface area contributed by atoms with Gasteiger partial charge in [-0.15, -0.1) is 0 Å². The fourth-order valence-electron chi connectivity index (χ4n) is 1.79. The second-order valence-electron chi connectivity index (χ2n) is 5.60. The molecule has 1 aromatic carbocycles. The molecular weight excluding hydrogens is 232 g/mol. The van der Waals surface area contributed by atoms with Gasteiger partial charge < -0.3 is 10.6 Å². The van der Waals surface area contributed by atoms with E-state index in [1.807, 2.05) is 0 Å². The summed E-state index contributed by atoms with van der Waals surface area (Å²) in [5.41, 5.74) is 1.81. The molecule has 0 aliphatic rings. The standard InChI is InChI=1S/C13H22N2OS/c1-13(2,3)7-5-6-8-15-10-9(14-4)11(16)12(10)17/h14-15H,5-8H2,1-4H3. The first kappa shape index (κ1) is 14.2. The average Bonchev–Trinajstić information content (AvgIpc) is 2.24. The highest BCUT2D eigenvalue weighted by Gasteiger charge is 2.15. The molecule has 1 rings (SSSR count). The highest BCUT2D eigenvalue weighted by Crippen LogP contribution is 2.23.